The summed E-state index contributed by atoms with van der Waals surface area (Å²) < 4.78 is 32.3. The number of ether oxygens (including phenoxy) is 1. The van der Waals surface area contributed by atoms with Gasteiger partial charge in [-0.25, -0.2) is 18.2 Å². The number of hydrogen-bond acceptors (Lipinski definition) is 8. The molecule has 4 aromatic rings. The van der Waals surface area contributed by atoms with Gasteiger partial charge in [0.15, 0.2) is 0 Å². The van der Waals surface area contributed by atoms with Gasteiger partial charge in [0.1, 0.15) is 5.75 Å². The number of thioether (sulfide) groups is 1. The monoisotopic (exact) mass is 648 g/mol. The summed E-state index contributed by atoms with van der Waals surface area (Å²) in [5.74, 6) is 1.32. The lowest BCUT2D eigenvalue weighted by atomic mass is 10.0. The fraction of sp³-hybridized carbons (Fsp3) is 0.344. The molecule has 45 heavy (non-hydrogen) atoms. The molecule has 0 unspecified atom stereocenters. The van der Waals surface area contributed by atoms with E-state index < -0.39 is 10.0 Å². The molecule has 0 saturated carbocycles. The number of aromatic nitrogens is 1. The van der Waals surface area contributed by atoms with E-state index in [4.69, 9.17) is 9.72 Å². The number of para-hydroxylation sites is 1. The summed E-state index contributed by atoms with van der Waals surface area (Å²) in [6.07, 6.45) is 3.06. The topological polar surface area (TPSA) is 151 Å². The summed E-state index contributed by atoms with van der Waals surface area (Å²) in [6, 6.07) is 18.9. The van der Waals surface area contributed by atoms with Gasteiger partial charge >= 0.3 is 6.03 Å². The Morgan fingerprint density at radius 1 is 1.02 bits per heavy atom. The van der Waals surface area contributed by atoms with Crippen LogP contribution < -0.4 is 30.7 Å². The Labute approximate surface area is 266 Å². The van der Waals surface area contributed by atoms with Crippen LogP contribution in [-0.2, 0) is 14.8 Å². The average molecular weight is 649 g/mol. The predicted octanol–water partition coefficient (Wildman–Crippen LogP) is 5.57. The molecule has 0 bridgehead atoms. The van der Waals surface area contributed by atoms with Gasteiger partial charge in [-0.15, -0.1) is 0 Å². The van der Waals surface area contributed by atoms with Crippen LogP contribution in [0, 0.1) is 0 Å². The van der Waals surface area contributed by atoms with Crippen molar-refractivity contribution >= 4 is 78.3 Å². The van der Waals surface area contributed by atoms with Crippen LogP contribution in [0.15, 0.2) is 60.7 Å². The highest BCUT2D eigenvalue weighted by molar-refractivity contribution is 8.00. The number of benzene rings is 3. The Hall–Kier alpha value is -4.23. The minimum Gasteiger partial charge on any atom is -0.494 e. The zero-order valence-corrected chi connectivity index (χ0v) is 26.7. The molecular weight excluding hydrogens is 613 g/mol. The van der Waals surface area contributed by atoms with Crippen molar-refractivity contribution in [3.63, 3.8) is 0 Å². The predicted molar refractivity (Wildman–Crippen MR) is 181 cm³/mol. The van der Waals surface area contributed by atoms with Crippen molar-refractivity contribution in [3.05, 3.63) is 60.7 Å². The summed E-state index contributed by atoms with van der Waals surface area (Å²) in [5, 5.41) is 14.6. The number of nitrogens with one attached hydrogen (secondary N) is 5. The Morgan fingerprint density at radius 2 is 1.82 bits per heavy atom. The lowest BCUT2D eigenvalue weighted by Crippen LogP contribution is -2.36. The van der Waals surface area contributed by atoms with Crippen LogP contribution in [0.2, 0.25) is 0 Å². The summed E-state index contributed by atoms with van der Waals surface area (Å²) in [7, 11) is -1.90. The van der Waals surface area contributed by atoms with Crippen LogP contribution >= 0.6 is 11.8 Å². The van der Waals surface area contributed by atoms with Gasteiger partial charge in [0.05, 0.1) is 53.0 Å². The summed E-state index contributed by atoms with van der Waals surface area (Å²) in [6.45, 7) is 1.58. The number of carbonyl (C=O) groups is 2. The maximum Gasteiger partial charge on any atom is 0.315 e. The molecule has 0 radical (unpaired) electrons. The van der Waals surface area contributed by atoms with Gasteiger partial charge in [0.2, 0.25) is 15.9 Å². The second-order valence-corrected chi connectivity index (χ2v) is 14.5. The van der Waals surface area contributed by atoms with Crippen molar-refractivity contribution in [1.82, 2.24) is 15.6 Å². The third kappa shape index (κ3) is 6.89. The molecule has 0 aliphatic carbocycles. The summed E-state index contributed by atoms with van der Waals surface area (Å²) >= 11 is 1.88. The average Bonchev–Trinajstić information content (AvgIpc) is 3.58. The first-order valence-corrected chi connectivity index (χ1v) is 17.7. The molecule has 2 fully saturated rings. The highest BCUT2D eigenvalue weighted by Crippen LogP contribution is 2.38. The third-order valence-corrected chi connectivity index (χ3v) is 11.0. The second-order valence-electron chi connectivity index (χ2n) is 11.2. The molecule has 3 atom stereocenters. The molecule has 0 spiro atoms. The molecule has 2 saturated heterocycles. The Bertz CT molecular complexity index is 1870. The van der Waals surface area contributed by atoms with E-state index >= 15 is 0 Å². The van der Waals surface area contributed by atoms with Gasteiger partial charge < -0.3 is 26.0 Å². The second kappa shape index (κ2) is 13.0. The number of hydrogen-bond donors (Lipinski definition) is 5. The van der Waals surface area contributed by atoms with E-state index in [-0.39, 0.29) is 29.8 Å². The number of methoxy groups -OCH3 is 1. The van der Waals surface area contributed by atoms with E-state index in [1.165, 1.54) is 7.11 Å². The number of carbonyl (C=O) groups excluding carboxylic acids is 2. The molecule has 3 aromatic carbocycles. The summed E-state index contributed by atoms with van der Waals surface area (Å²) in [5.41, 5.74) is 4.04. The van der Waals surface area contributed by atoms with Gasteiger partial charge in [-0.05, 0) is 56.2 Å². The normalized spacial score (nSPS) is 19.2. The number of urea groups is 1. The van der Waals surface area contributed by atoms with Crippen LogP contribution in [0.4, 0.5) is 27.5 Å². The highest BCUT2D eigenvalue weighted by Gasteiger charge is 2.42. The number of amides is 3. The Balaban J connectivity index is 1.16. The van der Waals surface area contributed by atoms with E-state index in [2.05, 4.69) is 26.0 Å². The van der Waals surface area contributed by atoms with Crippen molar-refractivity contribution < 1.29 is 22.7 Å². The number of anilines is 4. The van der Waals surface area contributed by atoms with Gasteiger partial charge in [0, 0.05) is 39.9 Å². The zero-order chi connectivity index (χ0) is 31.6. The molecule has 2 aliphatic heterocycles. The summed E-state index contributed by atoms with van der Waals surface area (Å²) in [4.78, 5) is 29.3. The molecule has 3 amide bonds. The lowest BCUT2D eigenvalue weighted by molar-refractivity contribution is -0.116. The fourth-order valence-corrected chi connectivity index (χ4v) is 8.02. The van der Waals surface area contributed by atoms with E-state index in [0.29, 0.717) is 40.0 Å². The van der Waals surface area contributed by atoms with Crippen molar-refractivity contribution in [2.45, 2.75) is 49.9 Å². The molecular formula is C32H36N6O5S2. The lowest BCUT2D eigenvalue weighted by Gasteiger charge is -2.17. The molecule has 2 aliphatic rings. The van der Waals surface area contributed by atoms with Gasteiger partial charge in [-0.2, -0.15) is 11.8 Å². The Kier molecular flexibility index (Phi) is 8.90. The highest BCUT2D eigenvalue weighted by atomic mass is 32.2. The van der Waals surface area contributed by atoms with Gasteiger partial charge in [-0.1, -0.05) is 24.6 Å². The van der Waals surface area contributed by atoms with Crippen molar-refractivity contribution in [3.8, 4) is 5.75 Å². The van der Waals surface area contributed by atoms with E-state index in [0.717, 1.165) is 47.0 Å². The van der Waals surface area contributed by atoms with Gasteiger partial charge in [-0.3, -0.25) is 9.52 Å². The quantitative estimate of drug-likeness (QED) is 0.0761. The smallest absolute Gasteiger partial charge is 0.315 e. The first kappa shape index (κ1) is 30.8. The van der Waals surface area contributed by atoms with Crippen molar-refractivity contribution in [1.29, 1.82) is 0 Å². The number of sulfonamides is 1. The molecule has 11 nitrogen and oxygen atoms in total. The minimum absolute atomic E-state index is 0.0345. The van der Waals surface area contributed by atoms with Crippen molar-refractivity contribution in [2.75, 3.05) is 34.0 Å². The van der Waals surface area contributed by atoms with Gasteiger partial charge in [0.25, 0.3) is 0 Å². The van der Waals surface area contributed by atoms with Crippen LogP contribution in [0.3, 0.4) is 0 Å². The largest absolute Gasteiger partial charge is 0.494 e. The van der Waals surface area contributed by atoms with Crippen LogP contribution in [-0.4, -0.2) is 61.3 Å². The van der Waals surface area contributed by atoms with E-state index in [1.807, 2.05) is 54.2 Å². The first-order chi connectivity index (χ1) is 21.7. The molecule has 5 N–H and O–H groups in total. The van der Waals surface area contributed by atoms with Crippen molar-refractivity contribution in [2.24, 2.45) is 0 Å². The van der Waals surface area contributed by atoms with E-state index in [1.54, 1.807) is 25.1 Å². The maximum atomic E-state index is 12.8. The first-order valence-electron chi connectivity index (χ1n) is 15.0. The molecule has 13 heteroatoms. The molecule has 3 heterocycles. The number of fused-ring (bicyclic) bond motifs is 3. The van der Waals surface area contributed by atoms with Crippen LogP contribution in [0.25, 0.3) is 21.8 Å². The van der Waals surface area contributed by atoms with Crippen LogP contribution in [0.5, 0.6) is 5.75 Å². The van der Waals surface area contributed by atoms with Crippen LogP contribution in [0.1, 0.15) is 32.6 Å². The zero-order valence-electron chi connectivity index (χ0n) is 25.1. The number of pyridine rings is 1. The fourth-order valence-electron chi connectivity index (χ4n) is 5.85. The molecule has 1 aromatic heterocycles. The van der Waals surface area contributed by atoms with E-state index in [9.17, 15) is 18.0 Å². The molecule has 6 rings (SSSR count). The molecule has 236 valence electrons. The SMILES string of the molecule is CCS(=O)(=O)Nc1ccc(Nc2c3ccccc3nc3cc(NC(=O)CCCC[C@@H]4SC[C@@H]5NC(=O)N[C@@H]54)ccc23)c(OC)c1. The number of nitrogens with zero attached hydrogens (tertiary/aromatic N) is 1. The number of rotatable bonds is 12. The minimum atomic E-state index is -3.43. The number of unbranched alkanes of at least 4 members (excludes halogenated alkanes) is 1. The third-order valence-electron chi connectivity index (χ3n) is 8.16. The maximum absolute atomic E-state index is 12.8. The Morgan fingerprint density at radius 3 is 2.64 bits per heavy atom. The standard InChI is InChI=1S/C32H36N6O5S2/c1-3-45(41,42)38-20-13-15-24(27(17-20)43-2)35-30-21-8-4-5-9-23(21)34-25-16-19(12-14-22(25)30)33-29(39)11-7-6-10-28-31-26(18-44-28)36-32(40)37-31/h4-5,8-9,12-17,26,28,31,38H,3,6-7,10-11,18H2,1-2H3,(H,33,39)(H,34,35)(H2,36,37,40)/t26-,28-,31-/m0/s1.